The second-order valence-corrected chi connectivity index (χ2v) is 6.15. The van der Waals surface area contributed by atoms with Crippen molar-refractivity contribution in [3.05, 3.63) is 29.3 Å². The van der Waals surface area contributed by atoms with Crippen molar-refractivity contribution in [1.29, 1.82) is 0 Å². The zero-order chi connectivity index (χ0) is 14.0. The zero-order valence-electron chi connectivity index (χ0n) is 10.6. The van der Waals surface area contributed by atoms with Crippen LogP contribution in [0.2, 0.25) is 0 Å². The van der Waals surface area contributed by atoms with Crippen LogP contribution in [-0.4, -0.2) is 5.76 Å². The molecule has 0 spiro atoms. The Balaban J connectivity index is 2.21. The highest BCUT2D eigenvalue weighted by Gasteiger charge is 2.25. The fourth-order valence-corrected chi connectivity index (χ4v) is 3.15. The zero-order valence-corrected chi connectivity index (χ0v) is 11.5. The number of alkyl halides is 2. The van der Waals surface area contributed by atoms with Gasteiger partial charge in [0, 0.05) is 0 Å². The standard InChI is InChI=1S/C14H16F4S/c1-8-2-4-9(5-3-8)10-6-7-11(19-14(17)18)13(16)12(10)15/h6-9,14H,2-5H2,1H3. The fraction of sp³-hybridized carbons (Fsp3) is 0.571. The van der Waals surface area contributed by atoms with Crippen molar-refractivity contribution in [2.24, 2.45) is 5.92 Å². The molecule has 1 saturated carbocycles. The second-order valence-electron chi connectivity index (χ2n) is 5.12. The van der Waals surface area contributed by atoms with E-state index in [2.05, 4.69) is 6.92 Å². The summed E-state index contributed by atoms with van der Waals surface area (Å²) in [5, 5.41) is 0. The van der Waals surface area contributed by atoms with Crippen molar-refractivity contribution >= 4 is 11.8 Å². The van der Waals surface area contributed by atoms with Gasteiger partial charge in [0.25, 0.3) is 5.76 Å². The van der Waals surface area contributed by atoms with Gasteiger partial charge in [-0.15, -0.1) is 0 Å². The van der Waals surface area contributed by atoms with Gasteiger partial charge in [0.05, 0.1) is 4.90 Å². The van der Waals surface area contributed by atoms with Gasteiger partial charge in [-0.2, -0.15) is 8.78 Å². The highest BCUT2D eigenvalue weighted by Crippen LogP contribution is 2.39. The summed E-state index contributed by atoms with van der Waals surface area (Å²) in [6, 6.07) is 2.73. The molecular weight excluding hydrogens is 276 g/mol. The van der Waals surface area contributed by atoms with Crippen molar-refractivity contribution in [2.45, 2.75) is 49.2 Å². The van der Waals surface area contributed by atoms with Crippen LogP contribution in [0, 0.1) is 17.6 Å². The summed E-state index contributed by atoms with van der Waals surface area (Å²) in [4.78, 5) is -0.319. The molecule has 0 N–H and O–H groups in total. The van der Waals surface area contributed by atoms with E-state index in [1.807, 2.05) is 0 Å². The first-order valence-corrected chi connectivity index (χ1v) is 7.29. The summed E-state index contributed by atoms with van der Waals surface area (Å²) in [6.07, 6.45) is 3.66. The third-order valence-electron chi connectivity index (χ3n) is 3.75. The third kappa shape index (κ3) is 3.44. The normalized spacial score (nSPS) is 23.9. The van der Waals surface area contributed by atoms with Gasteiger partial charge in [-0.3, -0.25) is 0 Å². The van der Waals surface area contributed by atoms with Gasteiger partial charge in [0.15, 0.2) is 11.6 Å². The van der Waals surface area contributed by atoms with Crippen LogP contribution in [0.3, 0.4) is 0 Å². The smallest absolute Gasteiger partial charge is 0.203 e. The Morgan fingerprint density at radius 3 is 2.26 bits per heavy atom. The number of rotatable bonds is 3. The molecule has 0 radical (unpaired) electrons. The average molecular weight is 292 g/mol. The van der Waals surface area contributed by atoms with E-state index in [1.165, 1.54) is 12.1 Å². The molecular formula is C14H16F4S. The van der Waals surface area contributed by atoms with E-state index in [0.717, 1.165) is 25.7 Å². The number of halogens is 4. The molecule has 1 aliphatic rings. The Hall–Kier alpha value is -0.710. The van der Waals surface area contributed by atoms with Crippen molar-refractivity contribution < 1.29 is 17.6 Å². The Bertz CT molecular complexity index is 439. The Kier molecular flexibility index (Phi) is 4.76. The molecule has 1 fully saturated rings. The van der Waals surface area contributed by atoms with Crippen LogP contribution in [0.25, 0.3) is 0 Å². The molecule has 0 nitrogen and oxygen atoms in total. The van der Waals surface area contributed by atoms with Crippen molar-refractivity contribution in [3.8, 4) is 0 Å². The molecule has 19 heavy (non-hydrogen) atoms. The minimum atomic E-state index is -2.74. The number of thioether (sulfide) groups is 1. The first kappa shape index (κ1) is 14.7. The maximum absolute atomic E-state index is 14.0. The minimum absolute atomic E-state index is 0.0105. The molecule has 0 heterocycles. The Labute approximate surface area is 114 Å². The van der Waals surface area contributed by atoms with Gasteiger partial charge in [-0.1, -0.05) is 37.6 Å². The van der Waals surface area contributed by atoms with Crippen molar-refractivity contribution in [2.75, 3.05) is 0 Å². The van der Waals surface area contributed by atoms with Crippen molar-refractivity contribution in [3.63, 3.8) is 0 Å². The van der Waals surface area contributed by atoms with Gasteiger partial charge >= 0.3 is 0 Å². The monoisotopic (exact) mass is 292 g/mol. The lowest BCUT2D eigenvalue weighted by atomic mass is 9.79. The van der Waals surface area contributed by atoms with Crippen LogP contribution in [0.15, 0.2) is 17.0 Å². The molecule has 1 aromatic rings. The average Bonchev–Trinajstić information content (AvgIpc) is 2.36. The lowest BCUT2D eigenvalue weighted by molar-refractivity contribution is 0.251. The molecule has 1 aliphatic carbocycles. The molecule has 0 aromatic heterocycles. The molecule has 0 unspecified atom stereocenters. The lowest BCUT2D eigenvalue weighted by Crippen LogP contribution is -2.13. The first-order chi connectivity index (χ1) is 8.99. The van der Waals surface area contributed by atoms with Gasteiger partial charge < -0.3 is 0 Å². The van der Waals surface area contributed by atoms with E-state index < -0.39 is 17.4 Å². The Morgan fingerprint density at radius 1 is 1.05 bits per heavy atom. The lowest BCUT2D eigenvalue weighted by Gasteiger charge is -2.27. The summed E-state index contributed by atoms with van der Waals surface area (Å²) in [6.45, 7) is 2.15. The quantitative estimate of drug-likeness (QED) is 0.518. The predicted octanol–water partition coefficient (Wildman–Crippen LogP) is 5.57. The summed E-state index contributed by atoms with van der Waals surface area (Å²) in [5.74, 6) is -4.20. The van der Waals surface area contributed by atoms with Gasteiger partial charge in [-0.05, 0) is 36.3 Å². The van der Waals surface area contributed by atoms with E-state index in [4.69, 9.17) is 0 Å². The summed E-state index contributed by atoms with van der Waals surface area (Å²) in [5.41, 5.74) is 0.336. The van der Waals surface area contributed by atoms with Gasteiger partial charge in [0.2, 0.25) is 0 Å². The topological polar surface area (TPSA) is 0 Å². The van der Waals surface area contributed by atoms with Crippen LogP contribution < -0.4 is 0 Å². The number of hydrogen-bond acceptors (Lipinski definition) is 1. The van der Waals surface area contributed by atoms with E-state index in [-0.39, 0.29) is 22.6 Å². The van der Waals surface area contributed by atoms with E-state index in [1.54, 1.807) is 0 Å². The van der Waals surface area contributed by atoms with Gasteiger partial charge in [-0.25, -0.2) is 8.78 Å². The van der Waals surface area contributed by atoms with E-state index in [9.17, 15) is 17.6 Å². The molecule has 5 heteroatoms. The SMILES string of the molecule is CC1CCC(c2ccc(SC(F)F)c(F)c2F)CC1. The van der Waals surface area contributed by atoms with Crippen LogP contribution in [0.1, 0.15) is 44.1 Å². The number of benzene rings is 1. The summed E-state index contributed by atoms with van der Waals surface area (Å²) >= 11 is 0.0466. The van der Waals surface area contributed by atoms with E-state index in [0.29, 0.717) is 11.5 Å². The Morgan fingerprint density at radius 2 is 1.68 bits per heavy atom. The highest BCUT2D eigenvalue weighted by molar-refractivity contribution is 7.99. The fourth-order valence-electron chi connectivity index (χ4n) is 2.62. The molecule has 0 saturated heterocycles. The summed E-state index contributed by atoms with van der Waals surface area (Å²) < 4.78 is 52.1. The molecule has 0 aliphatic heterocycles. The maximum Gasteiger partial charge on any atom is 0.289 e. The second kappa shape index (κ2) is 6.16. The minimum Gasteiger partial charge on any atom is -0.203 e. The molecule has 106 valence electrons. The first-order valence-electron chi connectivity index (χ1n) is 6.41. The highest BCUT2D eigenvalue weighted by atomic mass is 32.2. The van der Waals surface area contributed by atoms with Crippen molar-refractivity contribution in [1.82, 2.24) is 0 Å². The van der Waals surface area contributed by atoms with Crippen LogP contribution in [-0.2, 0) is 0 Å². The number of hydrogen-bond donors (Lipinski definition) is 0. The predicted molar refractivity (Wildman–Crippen MR) is 68.6 cm³/mol. The largest absolute Gasteiger partial charge is 0.289 e. The van der Waals surface area contributed by atoms with Gasteiger partial charge in [0.1, 0.15) is 0 Å². The maximum atomic E-state index is 14.0. The molecule has 0 bridgehead atoms. The molecule has 2 rings (SSSR count). The molecule has 1 aromatic carbocycles. The van der Waals surface area contributed by atoms with Crippen LogP contribution in [0.4, 0.5) is 17.6 Å². The van der Waals surface area contributed by atoms with E-state index >= 15 is 0 Å². The molecule has 0 atom stereocenters. The van der Waals surface area contributed by atoms with Crippen LogP contribution in [0.5, 0.6) is 0 Å². The van der Waals surface area contributed by atoms with Crippen LogP contribution >= 0.6 is 11.8 Å². The third-order valence-corrected chi connectivity index (χ3v) is 4.50. The molecule has 0 amide bonds. The summed E-state index contributed by atoms with van der Waals surface area (Å²) in [7, 11) is 0.